The van der Waals surface area contributed by atoms with Crippen molar-refractivity contribution in [1.29, 1.82) is 0 Å². The molecule has 22 heavy (non-hydrogen) atoms. The maximum atomic E-state index is 11.7. The first-order valence-corrected chi connectivity index (χ1v) is 8.30. The molecule has 1 atom stereocenters. The maximum absolute atomic E-state index is 11.7. The van der Waals surface area contributed by atoms with E-state index in [9.17, 15) is 14.7 Å². The van der Waals surface area contributed by atoms with Crippen LogP contribution in [0.15, 0.2) is 24.3 Å². The Hall–Kier alpha value is -1.42. The number of carboxylic acid groups (broad SMARTS) is 1. The Balaban J connectivity index is 3.57. The van der Waals surface area contributed by atoms with Crippen molar-refractivity contribution in [3.63, 3.8) is 0 Å². The smallest absolute Gasteiger partial charge is 0.303 e. The molecule has 4 heteroatoms. The van der Waals surface area contributed by atoms with E-state index in [-0.39, 0.29) is 12.2 Å². The molecule has 2 N–H and O–H groups in total. The quantitative estimate of drug-likeness (QED) is 0.375. The highest BCUT2D eigenvalue weighted by Gasteiger charge is 2.12. The first kappa shape index (κ1) is 20.6. The van der Waals surface area contributed by atoms with E-state index >= 15 is 0 Å². The zero-order valence-corrected chi connectivity index (χ0v) is 13.7. The maximum Gasteiger partial charge on any atom is 0.303 e. The summed E-state index contributed by atoms with van der Waals surface area (Å²) in [7, 11) is 0. The van der Waals surface area contributed by atoms with Gasteiger partial charge in [-0.25, -0.2) is 0 Å². The molecular weight excluding hydrogens is 280 g/mol. The average molecular weight is 310 g/mol. The first-order valence-electron chi connectivity index (χ1n) is 8.30. The predicted molar refractivity (Wildman–Crippen MR) is 88.8 cm³/mol. The number of aliphatic carboxylic acids is 1. The van der Waals surface area contributed by atoms with Gasteiger partial charge in [-0.15, -0.1) is 0 Å². The Kier molecular flexibility index (Phi) is 13.6. The minimum absolute atomic E-state index is 0.124. The van der Waals surface area contributed by atoms with Crippen LogP contribution in [0.2, 0.25) is 0 Å². The molecule has 0 aromatic rings. The molecular formula is C18H30O4. The van der Waals surface area contributed by atoms with Gasteiger partial charge in [0.05, 0.1) is 0 Å². The van der Waals surface area contributed by atoms with Crippen LogP contribution in [0.1, 0.15) is 71.1 Å². The van der Waals surface area contributed by atoms with Crippen molar-refractivity contribution in [1.82, 2.24) is 0 Å². The van der Waals surface area contributed by atoms with Gasteiger partial charge in [-0.05, 0) is 25.7 Å². The van der Waals surface area contributed by atoms with Gasteiger partial charge in [-0.1, -0.05) is 56.9 Å². The van der Waals surface area contributed by atoms with Crippen LogP contribution in [0, 0.1) is 0 Å². The van der Waals surface area contributed by atoms with Crippen LogP contribution < -0.4 is 0 Å². The summed E-state index contributed by atoms with van der Waals surface area (Å²) in [6, 6.07) is 0. The molecule has 0 spiro atoms. The monoisotopic (exact) mass is 310 g/mol. The van der Waals surface area contributed by atoms with Crippen LogP contribution in [0.4, 0.5) is 0 Å². The largest absolute Gasteiger partial charge is 0.481 e. The van der Waals surface area contributed by atoms with Gasteiger partial charge in [0.1, 0.15) is 6.10 Å². The summed E-state index contributed by atoms with van der Waals surface area (Å²) in [6.45, 7) is 2.08. The number of aliphatic hydroxyl groups excluding tert-OH is 1. The molecule has 126 valence electrons. The van der Waals surface area contributed by atoms with E-state index in [2.05, 4.69) is 19.1 Å². The molecule has 4 nitrogen and oxygen atoms in total. The summed E-state index contributed by atoms with van der Waals surface area (Å²) in [5.74, 6) is -0.874. The van der Waals surface area contributed by atoms with Crippen molar-refractivity contribution >= 4 is 11.8 Å². The molecule has 0 heterocycles. The molecule has 0 fully saturated rings. The number of rotatable bonds is 14. The zero-order chi connectivity index (χ0) is 16.6. The number of Topliss-reactive ketones (excluding diaryl/α,β-unsaturated/α-hetero) is 1. The van der Waals surface area contributed by atoms with E-state index in [0.29, 0.717) is 19.3 Å². The van der Waals surface area contributed by atoms with Gasteiger partial charge in [-0.2, -0.15) is 0 Å². The fourth-order valence-electron chi connectivity index (χ4n) is 2.08. The van der Waals surface area contributed by atoms with Crippen molar-refractivity contribution in [3.8, 4) is 0 Å². The molecule has 0 bridgehead atoms. The lowest BCUT2D eigenvalue weighted by Crippen LogP contribution is -2.19. The summed E-state index contributed by atoms with van der Waals surface area (Å²) in [5.41, 5.74) is 0. The fraction of sp³-hybridized carbons (Fsp3) is 0.667. The standard InChI is InChI=1S/C18H30O4/c1-2-3-4-5-7-10-13-16(19)17(20)14-11-8-6-9-12-15-18(21)22/h3-4,7,10,17,20H,2,5-6,8-9,11-15H2,1H3,(H,21,22)/b4-3?,10-7-. The van der Waals surface area contributed by atoms with Crippen molar-refractivity contribution in [3.05, 3.63) is 24.3 Å². The fourth-order valence-corrected chi connectivity index (χ4v) is 2.08. The van der Waals surface area contributed by atoms with Gasteiger partial charge in [0, 0.05) is 12.8 Å². The number of hydrogen-bond donors (Lipinski definition) is 2. The van der Waals surface area contributed by atoms with Gasteiger partial charge in [-0.3, -0.25) is 9.59 Å². The Labute approximate surface area is 133 Å². The van der Waals surface area contributed by atoms with Gasteiger partial charge in [0.25, 0.3) is 0 Å². The molecule has 0 saturated heterocycles. The lowest BCUT2D eigenvalue weighted by molar-refractivity contribution is -0.137. The van der Waals surface area contributed by atoms with E-state index in [4.69, 9.17) is 5.11 Å². The van der Waals surface area contributed by atoms with Crippen LogP contribution in [0.25, 0.3) is 0 Å². The number of carbonyl (C=O) groups is 2. The summed E-state index contributed by atoms with van der Waals surface area (Å²) >= 11 is 0. The number of allylic oxidation sites excluding steroid dienone is 4. The average Bonchev–Trinajstić information content (AvgIpc) is 2.49. The predicted octanol–water partition coefficient (Wildman–Crippen LogP) is 4.03. The summed E-state index contributed by atoms with van der Waals surface area (Å²) in [4.78, 5) is 22.0. The highest BCUT2D eigenvalue weighted by atomic mass is 16.4. The number of carbonyl (C=O) groups excluding carboxylic acids is 1. The van der Waals surface area contributed by atoms with Crippen LogP contribution in [0.3, 0.4) is 0 Å². The molecule has 0 aliphatic carbocycles. The van der Waals surface area contributed by atoms with E-state index in [1.54, 1.807) is 0 Å². The third-order valence-corrected chi connectivity index (χ3v) is 3.40. The number of carboxylic acids is 1. The van der Waals surface area contributed by atoms with Crippen molar-refractivity contribution in [2.24, 2.45) is 0 Å². The first-order chi connectivity index (χ1) is 10.6. The van der Waals surface area contributed by atoms with Crippen molar-refractivity contribution in [2.75, 3.05) is 0 Å². The van der Waals surface area contributed by atoms with Crippen molar-refractivity contribution < 1.29 is 19.8 Å². The van der Waals surface area contributed by atoms with Crippen molar-refractivity contribution in [2.45, 2.75) is 77.2 Å². The number of hydrogen-bond acceptors (Lipinski definition) is 3. The normalized spacial score (nSPS) is 13.0. The number of ketones is 1. The highest BCUT2D eigenvalue weighted by Crippen LogP contribution is 2.10. The van der Waals surface area contributed by atoms with Crippen LogP contribution >= 0.6 is 0 Å². The molecule has 1 unspecified atom stereocenters. The van der Waals surface area contributed by atoms with Crippen LogP contribution in [-0.2, 0) is 9.59 Å². The minimum atomic E-state index is -0.866. The Morgan fingerprint density at radius 2 is 1.59 bits per heavy atom. The molecule has 0 aliphatic rings. The third-order valence-electron chi connectivity index (χ3n) is 3.40. The van der Waals surface area contributed by atoms with E-state index in [1.165, 1.54) is 0 Å². The van der Waals surface area contributed by atoms with E-state index in [0.717, 1.165) is 38.5 Å². The summed E-state index contributed by atoms with van der Waals surface area (Å²) < 4.78 is 0. The Morgan fingerprint density at radius 3 is 2.27 bits per heavy atom. The minimum Gasteiger partial charge on any atom is -0.481 e. The summed E-state index contributed by atoms with van der Waals surface area (Å²) in [5, 5.41) is 18.3. The zero-order valence-electron chi connectivity index (χ0n) is 13.7. The summed E-state index contributed by atoms with van der Waals surface area (Å²) in [6.07, 6.45) is 14.2. The van der Waals surface area contributed by atoms with Gasteiger partial charge in [0.15, 0.2) is 5.78 Å². The molecule has 0 rings (SSSR count). The topological polar surface area (TPSA) is 74.6 Å². The van der Waals surface area contributed by atoms with Crippen LogP contribution in [-0.4, -0.2) is 28.1 Å². The number of aliphatic hydroxyl groups is 1. The second-order valence-corrected chi connectivity index (χ2v) is 5.47. The molecule has 0 radical (unpaired) electrons. The van der Waals surface area contributed by atoms with E-state index < -0.39 is 12.1 Å². The Morgan fingerprint density at radius 1 is 0.955 bits per heavy atom. The van der Waals surface area contributed by atoms with Gasteiger partial charge < -0.3 is 10.2 Å². The SMILES string of the molecule is CCC=CC/C=C\CC(=O)C(O)CCCCCCCC(=O)O. The highest BCUT2D eigenvalue weighted by molar-refractivity contribution is 5.84. The molecule has 0 amide bonds. The number of unbranched alkanes of at least 4 members (excludes halogenated alkanes) is 4. The van der Waals surface area contributed by atoms with Crippen LogP contribution in [0.5, 0.6) is 0 Å². The van der Waals surface area contributed by atoms with E-state index in [1.807, 2.05) is 12.2 Å². The lowest BCUT2D eigenvalue weighted by atomic mass is 10.0. The molecule has 0 aromatic carbocycles. The molecule has 0 aromatic heterocycles. The molecule has 0 aliphatic heterocycles. The lowest BCUT2D eigenvalue weighted by Gasteiger charge is -2.07. The molecule has 0 saturated carbocycles. The van der Waals surface area contributed by atoms with Gasteiger partial charge in [0.2, 0.25) is 0 Å². The second-order valence-electron chi connectivity index (χ2n) is 5.47. The third kappa shape index (κ3) is 13.6. The Bertz CT molecular complexity index is 358. The second kappa shape index (κ2) is 14.5. The van der Waals surface area contributed by atoms with Gasteiger partial charge >= 0.3 is 5.97 Å².